The summed E-state index contributed by atoms with van der Waals surface area (Å²) in [6.45, 7) is 4.52. The van der Waals surface area contributed by atoms with E-state index in [1.165, 1.54) is 12.4 Å². The van der Waals surface area contributed by atoms with Crippen LogP contribution in [-0.2, 0) is 4.79 Å². The van der Waals surface area contributed by atoms with E-state index in [2.05, 4.69) is 34.0 Å². The Hall–Kier alpha value is -4.59. The topological polar surface area (TPSA) is 85.8 Å². The van der Waals surface area contributed by atoms with Crippen molar-refractivity contribution in [2.75, 3.05) is 32.6 Å². The average Bonchev–Trinajstić information content (AvgIpc) is 2.90. The summed E-state index contributed by atoms with van der Waals surface area (Å²) < 4.78 is 17.3. The van der Waals surface area contributed by atoms with Crippen molar-refractivity contribution in [3.05, 3.63) is 79.6 Å². The van der Waals surface area contributed by atoms with E-state index in [1.54, 1.807) is 19.1 Å². The van der Waals surface area contributed by atoms with Crippen LogP contribution < -0.4 is 19.5 Å². The molecule has 1 amide bonds. The summed E-state index contributed by atoms with van der Waals surface area (Å²) in [5.41, 5.74) is 3.62. The van der Waals surface area contributed by atoms with Gasteiger partial charge in [-0.15, -0.1) is 0 Å². The van der Waals surface area contributed by atoms with Gasteiger partial charge in [0.15, 0.2) is 11.5 Å². The Morgan fingerprint density at radius 1 is 0.972 bits per heavy atom. The van der Waals surface area contributed by atoms with Gasteiger partial charge in [0.25, 0.3) is 0 Å². The highest BCUT2D eigenvalue weighted by Crippen LogP contribution is 2.38. The molecule has 1 aliphatic rings. The summed E-state index contributed by atoms with van der Waals surface area (Å²) in [6, 6.07) is 19.8. The Morgan fingerprint density at radius 2 is 1.75 bits per heavy atom. The van der Waals surface area contributed by atoms with Crippen LogP contribution in [0, 0.1) is 0 Å². The predicted octanol–water partition coefficient (Wildman–Crippen LogP) is 4.83. The van der Waals surface area contributed by atoms with E-state index in [4.69, 9.17) is 14.2 Å². The molecular formula is C28H26N4O4. The first-order valence-electron chi connectivity index (χ1n) is 11.5. The maximum atomic E-state index is 11.8. The number of nitrogens with zero attached hydrogens (tertiary/aromatic N) is 3. The third-order valence-electron chi connectivity index (χ3n) is 6.11. The maximum absolute atomic E-state index is 11.8. The summed E-state index contributed by atoms with van der Waals surface area (Å²) in [5, 5.41) is 4.18. The highest BCUT2D eigenvalue weighted by atomic mass is 16.5. The van der Waals surface area contributed by atoms with E-state index in [0.29, 0.717) is 41.7 Å². The van der Waals surface area contributed by atoms with Gasteiger partial charge in [-0.3, -0.25) is 4.79 Å². The molecule has 0 saturated carbocycles. The van der Waals surface area contributed by atoms with Crippen molar-refractivity contribution in [3.8, 4) is 28.4 Å². The van der Waals surface area contributed by atoms with E-state index in [0.717, 1.165) is 22.2 Å². The lowest BCUT2D eigenvalue weighted by molar-refractivity contribution is -0.134. The maximum Gasteiger partial charge on any atom is 0.246 e. The van der Waals surface area contributed by atoms with Gasteiger partial charge >= 0.3 is 0 Å². The van der Waals surface area contributed by atoms with Crippen LogP contribution >= 0.6 is 0 Å². The molecule has 8 heteroatoms. The smallest absolute Gasteiger partial charge is 0.246 e. The van der Waals surface area contributed by atoms with Gasteiger partial charge < -0.3 is 24.4 Å². The van der Waals surface area contributed by atoms with Gasteiger partial charge in [-0.05, 0) is 35.4 Å². The fourth-order valence-corrected chi connectivity index (χ4v) is 4.16. The van der Waals surface area contributed by atoms with Crippen LogP contribution in [0.2, 0.25) is 0 Å². The van der Waals surface area contributed by atoms with Crippen molar-refractivity contribution in [1.29, 1.82) is 0 Å². The third kappa shape index (κ3) is 4.53. The molecule has 4 aromatic rings. The summed E-state index contributed by atoms with van der Waals surface area (Å²) in [5.74, 6) is 2.31. The second-order valence-electron chi connectivity index (χ2n) is 8.34. The van der Waals surface area contributed by atoms with Crippen molar-refractivity contribution in [2.45, 2.75) is 6.10 Å². The molecule has 0 bridgehead atoms. The quantitative estimate of drug-likeness (QED) is 0.360. The fourth-order valence-electron chi connectivity index (χ4n) is 4.16. The highest BCUT2D eigenvalue weighted by molar-refractivity contribution is 5.94. The van der Waals surface area contributed by atoms with Crippen molar-refractivity contribution in [3.63, 3.8) is 0 Å². The first kappa shape index (κ1) is 23.2. The SMILES string of the molecule is C=CC(=O)N1CC(Oc2cc3c(Nc4cc(-c5ccccc5)ccc4OC)ncnc3cc2OC)C1. The number of rotatable bonds is 8. The van der Waals surface area contributed by atoms with Crippen LogP contribution in [0.15, 0.2) is 79.6 Å². The molecule has 1 fully saturated rings. The predicted molar refractivity (Wildman–Crippen MR) is 139 cm³/mol. The number of fused-ring (bicyclic) bond motifs is 1. The minimum atomic E-state index is -0.135. The van der Waals surface area contributed by atoms with E-state index in [9.17, 15) is 4.79 Å². The normalized spacial score (nSPS) is 13.1. The lowest BCUT2D eigenvalue weighted by Gasteiger charge is -2.38. The second-order valence-corrected chi connectivity index (χ2v) is 8.34. The summed E-state index contributed by atoms with van der Waals surface area (Å²) >= 11 is 0. The number of hydrogen-bond donors (Lipinski definition) is 1. The van der Waals surface area contributed by atoms with E-state index in [1.807, 2.05) is 48.5 Å². The number of hydrogen-bond acceptors (Lipinski definition) is 7. The van der Waals surface area contributed by atoms with Gasteiger partial charge in [0.1, 0.15) is 24.0 Å². The third-order valence-corrected chi connectivity index (χ3v) is 6.11. The minimum absolute atomic E-state index is 0.105. The first-order valence-corrected chi connectivity index (χ1v) is 11.5. The molecule has 182 valence electrons. The number of methoxy groups -OCH3 is 2. The molecule has 3 aromatic carbocycles. The van der Waals surface area contributed by atoms with Gasteiger partial charge in [-0.25, -0.2) is 9.97 Å². The molecule has 0 unspecified atom stereocenters. The van der Waals surface area contributed by atoms with Crippen LogP contribution in [0.1, 0.15) is 0 Å². The molecule has 0 atom stereocenters. The number of carbonyl (C=O) groups excluding carboxylic acids is 1. The van der Waals surface area contributed by atoms with Crippen molar-refractivity contribution in [2.24, 2.45) is 0 Å². The number of likely N-dealkylation sites (tertiary alicyclic amines) is 1. The molecule has 0 radical (unpaired) electrons. The van der Waals surface area contributed by atoms with Crippen LogP contribution in [0.3, 0.4) is 0 Å². The van der Waals surface area contributed by atoms with Crippen LogP contribution in [-0.4, -0.2) is 54.2 Å². The van der Waals surface area contributed by atoms with E-state index < -0.39 is 0 Å². The van der Waals surface area contributed by atoms with Gasteiger partial charge in [-0.1, -0.05) is 43.0 Å². The number of ether oxygens (including phenoxy) is 3. The molecule has 1 aromatic heterocycles. The Labute approximate surface area is 209 Å². The minimum Gasteiger partial charge on any atom is -0.495 e. The molecule has 8 nitrogen and oxygen atoms in total. The molecule has 2 heterocycles. The highest BCUT2D eigenvalue weighted by Gasteiger charge is 2.31. The zero-order valence-electron chi connectivity index (χ0n) is 20.1. The van der Waals surface area contributed by atoms with Crippen LogP contribution in [0.5, 0.6) is 17.2 Å². The average molecular weight is 483 g/mol. The fraction of sp³-hybridized carbons (Fsp3) is 0.179. The molecule has 1 N–H and O–H groups in total. The molecule has 1 aliphatic heterocycles. The van der Waals surface area contributed by atoms with Crippen molar-refractivity contribution >= 4 is 28.3 Å². The Balaban J connectivity index is 1.48. The Bertz CT molecular complexity index is 1420. The van der Waals surface area contributed by atoms with Gasteiger partial charge in [0, 0.05) is 11.5 Å². The summed E-state index contributed by atoms with van der Waals surface area (Å²) in [6.07, 6.45) is 2.68. The number of amides is 1. The van der Waals surface area contributed by atoms with E-state index in [-0.39, 0.29) is 12.0 Å². The molecule has 0 spiro atoms. The van der Waals surface area contributed by atoms with Gasteiger partial charge in [0.05, 0.1) is 38.5 Å². The summed E-state index contributed by atoms with van der Waals surface area (Å²) in [4.78, 5) is 22.4. The molecular weight excluding hydrogens is 456 g/mol. The molecule has 36 heavy (non-hydrogen) atoms. The largest absolute Gasteiger partial charge is 0.495 e. The molecule has 0 aliphatic carbocycles. The monoisotopic (exact) mass is 482 g/mol. The first-order chi connectivity index (χ1) is 17.6. The molecule has 5 rings (SSSR count). The number of nitrogens with one attached hydrogen (secondary N) is 1. The summed E-state index contributed by atoms with van der Waals surface area (Å²) in [7, 11) is 3.22. The zero-order valence-corrected chi connectivity index (χ0v) is 20.1. The van der Waals surface area contributed by atoms with Gasteiger partial charge in [-0.2, -0.15) is 0 Å². The Kier molecular flexibility index (Phi) is 6.40. The number of aromatic nitrogens is 2. The van der Waals surface area contributed by atoms with Crippen LogP contribution in [0.4, 0.5) is 11.5 Å². The lowest BCUT2D eigenvalue weighted by atomic mass is 10.0. The second kappa shape index (κ2) is 9.95. The van der Waals surface area contributed by atoms with Crippen molar-refractivity contribution < 1.29 is 19.0 Å². The van der Waals surface area contributed by atoms with Crippen LogP contribution in [0.25, 0.3) is 22.0 Å². The lowest BCUT2D eigenvalue weighted by Crippen LogP contribution is -2.55. The zero-order chi connectivity index (χ0) is 25.1. The van der Waals surface area contributed by atoms with Crippen molar-refractivity contribution in [1.82, 2.24) is 14.9 Å². The Morgan fingerprint density at radius 3 is 2.47 bits per heavy atom. The number of benzene rings is 3. The standard InChI is InChI=1S/C28H26N4O4/c1-4-27(33)32-15-20(16-32)36-26-13-21-22(14-25(26)35-3)29-17-30-28(21)31-23-12-19(10-11-24(23)34-2)18-8-6-5-7-9-18/h4-14,17,20H,1,15-16H2,2-3H3,(H,29,30,31). The van der Waals surface area contributed by atoms with E-state index >= 15 is 0 Å². The number of carbonyl (C=O) groups is 1. The number of anilines is 2. The van der Waals surface area contributed by atoms with Gasteiger partial charge in [0.2, 0.25) is 5.91 Å². The molecule has 1 saturated heterocycles.